The molecule has 252 valence electrons. The van der Waals surface area contributed by atoms with Gasteiger partial charge in [0.2, 0.25) is 0 Å². The molecule has 0 N–H and O–H groups in total. The summed E-state index contributed by atoms with van der Waals surface area (Å²) in [5.74, 6) is 0. The van der Waals surface area contributed by atoms with Crippen molar-refractivity contribution < 1.29 is 4.42 Å². The molecule has 0 fully saturated rings. The molecule has 10 rings (SSSR count). The first-order chi connectivity index (χ1) is 26.0. The van der Waals surface area contributed by atoms with Crippen LogP contribution in [0.15, 0.2) is 192 Å². The van der Waals surface area contributed by atoms with Gasteiger partial charge in [-0.2, -0.15) is 0 Å². The highest BCUT2D eigenvalue weighted by Crippen LogP contribution is 2.50. The lowest BCUT2D eigenvalue weighted by Crippen LogP contribution is -2.14. The van der Waals surface area contributed by atoms with Crippen molar-refractivity contribution in [3.63, 3.8) is 0 Å². The Morgan fingerprint density at radius 2 is 0.906 bits per heavy atom. The van der Waals surface area contributed by atoms with E-state index in [0.29, 0.717) is 0 Å². The first-order valence-electron chi connectivity index (χ1n) is 18.3. The minimum atomic E-state index is -0.0229. The van der Waals surface area contributed by atoms with Crippen LogP contribution in [-0.4, -0.2) is 0 Å². The van der Waals surface area contributed by atoms with Gasteiger partial charge in [0.05, 0.1) is 0 Å². The maximum Gasteiger partial charge on any atom is 0.136 e. The van der Waals surface area contributed by atoms with Crippen LogP contribution in [0.2, 0.25) is 0 Å². The Morgan fingerprint density at radius 3 is 1.68 bits per heavy atom. The molecule has 53 heavy (non-hydrogen) atoms. The molecule has 1 aliphatic carbocycles. The van der Waals surface area contributed by atoms with Crippen molar-refractivity contribution in [2.45, 2.75) is 19.3 Å². The molecule has 0 aliphatic heterocycles. The lowest BCUT2D eigenvalue weighted by molar-refractivity contribution is 0.660. The van der Waals surface area contributed by atoms with Crippen LogP contribution in [0.4, 0.5) is 17.1 Å². The van der Waals surface area contributed by atoms with Gasteiger partial charge in [0.1, 0.15) is 11.2 Å². The van der Waals surface area contributed by atoms with Gasteiger partial charge in [0.15, 0.2) is 0 Å². The summed E-state index contributed by atoms with van der Waals surface area (Å²) < 4.78 is 6.29. The molecule has 0 atom stereocenters. The number of nitrogens with zero attached hydrogens (tertiary/aromatic N) is 1. The predicted molar refractivity (Wildman–Crippen MR) is 222 cm³/mol. The van der Waals surface area contributed by atoms with Crippen molar-refractivity contribution in [2.75, 3.05) is 4.90 Å². The van der Waals surface area contributed by atoms with Crippen molar-refractivity contribution in [3.05, 3.63) is 199 Å². The normalized spacial score (nSPS) is 12.9. The standard InChI is InChI=1S/C51H37NO/c1-51(2)46-25-8-6-22-43(46)45-33-37(28-29-47(45)51)36-17-11-20-40(31-36)52(39-19-10-16-35(30-39)34-14-4-3-5-15-34)41-21-12-18-38(32-41)42-24-13-27-49-50(42)44-23-7-9-26-48(44)53-49/h3-33H,1-2H3. The third kappa shape index (κ3) is 5.18. The number of fused-ring (bicyclic) bond motifs is 6. The molecule has 0 bridgehead atoms. The Labute approximate surface area is 310 Å². The zero-order valence-electron chi connectivity index (χ0n) is 29.8. The molecule has 9 aromatic rings. The van der Waals surface area contributed by atoms with E-state index >= 15 is 0 Å². The molecule has 0 unspecified atom stereocenters. The van der Waals surface area contributed by atoms with Crippen molar-refractivity contribution in [1.82, 2.24) is 0 Å². The van der Waals surface area contributed by atoms with Gasteiger partial charge < -0.3 is 9.32 Å². The maximum atomic E-state index is 6.29. The fraction of sp³-hybridized carbons (Fsp3) is 0.0588. The van der Waals surface area contributed by atoms with E-state index < -0.39 is 0 Å². The van der Waals surface area contributed by atoms with E-state index in [0.717, 1.165) is 50.1 Å². The summed E-state index contributed by atoms with van der Waals surface area (Å²) in [6.45, 7) is 4.67. The number of anilines is 3. The Balaban J connectivity index is 1.13. The summed E-state index contributed by atoms with van der Waals surface area (Å²) >= 11 is 0. The van der Waals surface area contributed by atoms with E-state index in [2.05, 4.69) is 195 Å². The minimum absolute atomic E-state index is 0.0229. The molecule has 1 heterocycles. The molecule has 0 amide bonds. The van der Waals surface area contributed by atoms with Crippen LogP contribution in [-0.2, 0) is 5.41 Å². The van der Waals surface area contributed by atoms with Crippen molar-refractivity contribution in [1.29, 1.82) is 0 Å². The molecule has 2 heteroatoms. The molecule has 8 aromatic carbocycles. The van der Waals surface area contributed by atoms with Gasteiger partial charge in [-0.3, -0.25) is 0 Å². The average Bonchev–Trinajstić information content (AvgIpc) is 3.71. The van der Waals surface area contributed by atoms with Gasteiger partial charge in [-0.05, 0) is 110 Å². The van der Waals surface area contributed by atoms with Gasteiger partial charge in [0.25, 0.3) is 0 Å². The molecule has 1 aromatic heterocycles. The van der Waals surface area contributed by atoms with E-state index in [-0.39, 0.29) is 5.41 Å². The first kappa shape index (κ1) is 31.1. The van der Waals surface area contributed by atoms with E-state index in [1.165, 1.54) is 44.5 Å². The Kier molecular flexibility index (Phi) is 7.19. The Bertz CT molecular complexity index is 2820. The molecule has 1 aliphatic rings. The van der Waals surface area contributed by atoms with Crippen molar-refractivity contribution in [2.24, 2.45) is 0 Å². The van der Waals surface area contributed by atoms with Crippen LogP contribution in [0.5, 0.6) is 0 Å². The third-order valence-electron chi connectivity index (χ3n) is 11.1. The smallest absolute Gasteiger partial charge is 0.136 e. The largest absolute Gasteiger partial charge is 0.456 e. The van der Waals surface area contributed by atoms with Crippen molar-refractivity contribution in [3.8, 4) is 44.5 Å². The van der Waals surface area contributed by atoms with Gasteiger partial charge >= 0.3 is 0 Å². The zero-order chi connectivity index (χ0) is 35.5. The van der Waals surface area contributed by atoms with Gasteiger partial charge in [-0.25, -0.2) is 0 Å². The number of furan rings is 1. The second kappa shape index (κ2) is 12.3. The van der Waals surface area contributed by atoms with E-state index in [1.807, 2.05) is 12.1 Å². The van der Waals surface area contributed by atoms with Crippen LogP contribution in [0.1, 0.15) is 25.0 Å². The first-order valence-corrected chi connectivity index (χ1v) is 18.3. The fourth-order valence-corrected chi connectivity index (χ4v) is 8.45. The van der Waals surface area contributed by atoms with Crippen LogP contribution in [0.25, 0.3) is 66.4 Å². The molecular weight excluding hydrogens is 643 g/mol. The highest BCUT2D eigenvalue weighted by molar-refractivity contribution is 6.12. The average molecular weight is 680 g/mol. The zero-order valence-corrected chi connectivity index (χ0v) is 29.8. The monoisotopic (exact) mass is 679 g/mol. The molecule has 0 spiro atoms. The fourth-order valence-electron chi connectivity index (χ4n) is 8.45. The summed E-state index contributed by atoms with van der Waals surface area (Å²) in [6, 6.07) is 67.9. The van der Waals surface area contributed by atoms with Gasteiger partial charge in [-0.15, -0.1) is 0 Å². The van der Waals surface area contributed by atoms with Crippen LogP contribution >= 0.6 is 0 Å². The number of hydrogen-bond acceptors (Lipinski definition) is 2. The summed E-state index contributed by atoms with van der Waals surface area (Å²) in [6.07, 6.45) is 0. The summed E-state index contributed by atoms with van der Waals surface area (Å²) in [5.41, 5.74) is 17.5. The number of hydrogen-bond donors (Lipinski definition) is 0. The molecule has 2 nitrogen and oxygen atoms in total. The molecule has 0 saturated heterocycles. The topological polar surface area (TPSA) is 16.4 Å². The van der Waals surface area contributed by atoms with E-state index in [4.69, 9.17) is 4.42 Å². The SMILES string of the molecule is CC1(C)c2ccccc2-c2cc(-c3cccc(N(c4cccc(-c5ccccc5)c4)c4cccc(-c5cccc6oc7ccccc7c56)c4)c3)ccc21. The summed E-state index contributed by atoms with van der Waals surface area (Å²) in [4.78, 5) is 2.39. The maximum absolute atomic E-state index is 6.29. The van der Waals surface area contributed by atoms with E-state index in [1.54, 1.807) is 0 Å². The summed E-state index contributed by atoms with van der Waals surface area (Å²) in [5, 5.41) is 2.27. The Morgan fingerprint density at radius 1 is 0.377 bits per heavy atom. The lowest BCUT2D eigenvalue weighted by atomic mass is 9.82. The van der Waals surface area contributed by atoms with E-state index in [9.17, 15) is 0 Å². The van der Waals surface area contributed by atoms with Gasteiger partial charge in [-0.1, -0.05) is 147 Å². The second-order valence-corrected chi connectivity index (χ2v) is 14.6. The predicted octanol–water partition coefficient (Wildman–Crippen LogP) is 14.4. The highest BCUT2D eigenvalue weighted by atomic mass is 16.3. The number of para-hydroxylation sites is 1. The van der Waals surface area contributed by atoms with Crippen LogP contribution in [0.3, 0.4) is 0 Å². The summed E-state index contributed by atoms with van der Waals surface area (Å²) in [7, 11) is 0. The minimum Gasteiger partial charge on any atom is -0.456 e. The highest BCUT2D eigenvalue weighted by Gasteiger charge is 2.35. The third-order valence-corrected chi connectivity index (χ3v) is 11.1. The number of benzene rings is 8. The van der Waals surface area contributed by atoms with Crippen molar-refractivity contribution >= 4 is 39.0 Å². The lowest BCUT2D eigenvalue weighted by Gasteiger charge is -2.27. The van der Waals surface area contributed by atoms with Crippen LogP contribution < -0.4 is 4.90 Å². The van der Waals surface area contributed by atoms with Crippen LogP contribution in [0, 0.1) is 0 Å². The second-order valence-electron chi connectivity index (χ2n) is 14.6. The molecule has 0 saturated carbocycles. The number of rotatable bonds is 6. The molecular formula is C51H37NO. The quantitative estimate of drug-likeness (QED) is 0.174. The molecule has 0 radical (unpaired) electrons. The van der Waals surface area contributed by atoms with Gasteiger partial charge in [0, 0.05) is 33.2 Å². The Hall–Kier alpha value is -6.64.